The summed E-state index contributed by atoms with van der Waals surface area (Å²) in [4.78, 5) is 11.7. The molecule has 0 aromatic heterocycles. The standard InChI is InChI=1S/C17H16N2O4S/c1-13-3-2-4-15(9-13)12-23-17(20)11-19-24(21,22)16-7-5-14(10-18)6-8-16/h2-9,19H,11-12H2,1H3. The van der Waals surface area contributed by atoms with E-state index in [0.717, 1.165) is 11.1 Å². The lowest BCUT2D eigenvalue weighted by atomic mass is 10.1. The lowest BCUT2D eigenvalue weighted by Crippen LogP contribution is -2.30. The predicted molar refractivity (Wildman–Crippen MR) is 87.3 cm³/mol. The Kier molecular flexibility index (Phi) is 5.68. The molecular formula is C17H16N2O4S. The van der Waals surface area contributed by atoms with Gasteiger partial charge in [-0.05, 0) is 36.8 Å². The first-order valence-corrected chi connectivity index (χ1v) is 8.60. The Morgan fingerprint density at radius 2 is 1.92 bits per heavy atom. The molecule has 2 aromatic carbocycles. The van der Waals surface area contributed by atoms with Gasteiger partial charge in [0.15, 0.2) is 0 Å². The van der Waals surface area contributed by atoms with Crippen LogP contribution in [0.2, 0.25) is 0 Å². The van der Waals surface area contributed by atoms with Crippen molar-refractivity contribution < 1.29 is 17.9 Å². The second-order valence-electron chi connectivity index (χ2n) is 5.11. The predicted octanol–water partition coefficient (Wildman–Crippen LogP) is 1.89. The summed E-state index contributed by atoms with van der Waals surface area (Å²) < 4.78 is 31.3. The van der Waals surface area contributed by atoms with Gasteiger partial charge in [0, 0.05) is 0 Å². The van der Waals surface area contributed by atoms with Crippen LogP contribution in [0.5, 0.6) is 0 Å². The third kappa shape index (κ3) is 4.91. The number of esters is 1. The number of benzene rings is 2. The molecule has 0 heterocycles. The Morgan fingerprint density at radius 1 is 1.21 bits per heavy atom. The van der Waals surface area contributed by atoms with Crippen molar-refractivity contribution in [1.82, 2.24) is 4.72 Å². The number of sulfonamides is 1. The van der Waals surface area contributed by atoms with Crippen LogP contribution in [0.25, 0.3) is 0 Å². The fourth-order valence-electron chi connectivity index (χ4n) is 1.96. The highest BCUT2D eigenvalue weighted by molar-refractivity contribution is 7.89. The van der Waals surface area contributed by atoms with Crippen molar-refractivity contribution >= 4 is 16.0 Å². The topological polar surface area (TPSA) is 96.3 Å². The first-order valence-electron chi connectivity index (χ1n) is 7.12. The Morgan fingerprint density at radius 3 is 2.54 bits per heavy atom. The molecule has 1 N–H and O–H groups in total. The number of carbonyl (C=O) groups is 1. The van der Waals surface area contributed by atoms with Crippen LogP contribution in [-0.2, 0) is 26.2 Å². The molecule has 0 aliphatic heterocycles. The maximum absolute atomic E-state index is 12.1. The van der Waals surface area contributed by atoms with Gasteiger partial charge in [0.25, 0.3) is 0 Å². The van der Waals surface area contributed by atoms with Crippen molar-refractivity contribution in [2.24, 2.45) is 0 Å². The largest absolute Gasteiger partial charge is 0.460 e. The lowest BCUT2D eigenvalue weighted by molar-refractivity contribution is -0.143. The molecule has 0 bridgehead atoms. The average Bonchev–Trinajstić information content (AvgIpc) is 2.58. The summed E-state index contributed by atoms with van der Waals surface area (Å²) >= 11 is 0. The van der Waals surface area contributed by atoms with Gasteiger partial charge in [-0.1, -0.05) is 29.8 Å². The summed E-state index contributed by atoms with van der Waals surface area (Å²) in [5, 5.41) is 8.70. The molecule has 0 amide bonds. The van der Waals surface area contributed by atoms with Gasteiger partial charge in [0.1, 0.15) is 13.2 Å². The number of nitriles is 1. The molecule has 0 unspecified atom stereocenters. The Bertz CT molecular complexity index is 868. The van der Waals surface area contributed by atoms with E-state index in [4.69, 9.17) is 10.00 Å². The van der Waals surface area contributed by atoms with E-state index in [1.165, 1.54) is 24.3 Å². The maximum atomic E-state index is 12.1. The van der Waals surface area contributed by atoms with Crippen molar-refractivity contribution in [2.45, 2.75) is 18.4 Å². The number of hydrogen-bond donors (Lipinski definition) is 1. The van der Waals surface area contributed by atoms with Gasteiger partial charge in [0.05, 0.1) is 16.5 Å². The van der Waals surface area contributed by atoms with E-state index >= 15 is 0 Å². The SMILES string of the molecule is Cc1cccc(COC(=O)CNS(=O)(=O)c2ccc(C#N)cc2)c1. The van der Waals surface area contributed by atoms with E-state index in [2.05, 4.69) is 4.72 Å². The molecule has 0 fully saturated rings. The summed E-state index contributed by atoms with van der Waals surface area (Å²) in [7, 11) is -3.83. The third-order valence-corrected chi connectivity index (χ3v) is 4.60. The fourth-order valence-corrected chi connectivity index (χ4v) is 2.93. The lowest BCUT2D eigenvalue weighted by Gasteiger charge is -2.08. The highest BCUT2D eigenvalue weighted by Crippen LogP contribution is 2.10. The molecule has 0 aliphatic rings. The minimum atomic E-state index is -3.83. The zero-order chi connectivity index (χ0) is 17.6. The Labute approximate surface area is 140 Å². The van der Waals surface area contributed by atoms with Gasteiger partial charge < -0.3 is 4.74 Å². The number of nitrogens with zero attached hydrogens (tertiary/aromatic N) is 1. The summed E-state index contributed by atoms with van der Waals surface area (Å²) in [5.41, 5.74) is 2.23. The van der Waals surface area contributed by atoms with Crippen LogP contribution in [0, 0.1) is 18.3 Å². The van der Waals surface area contributed by atoms with Crippen molar-refractivity contribution in [1.29, 1.82) is 5.26 Å². The summed E-state index contributed by atoms with van der Waals surface area (Å²) in [6, 6.07) is 14.8. The molecular weight excluding hydrogens is 328 g/mol. The molecule has 2 rings (SSSR count). The molecule has 0 spiro atoms. The monoisotopic (exact) mass is 344 g/mol. The minimum Gasteiger partial charge on any atom is -0.460 e. The number of carbonyl (C=O) groups excluding carboxylic acids is 1. The van der Waals surface area contributed by atoms with Gasteiger partial charge in [0.2, 0.25) is 10.0 Å². The van der Waals surface area contributed by atoms with Crippen LogP contribution in [0.1, 0.15) is 16.7 Å². The third-order valence-electron chi connectivity index (χ3n) is 3.18. The first-order chi connectivity index (χ1) is 11.4. The number of hydrogen-bond acceptors (Lipinski definition) is 5. The molecule has 7 heteroatoms. The molecule has 6 nitrogen and oxygen atoms in total. The number of rotatable bonds is 6. The first kappa shape index (κ1) is 17.7. The maximum Gasteiger partial charge on any atom is 0.321 e. The molecule has 0 saturated heterocycles. The molecule has 2 aromatic rings. The van der Waals surface area contributed by atoms with Crippen LogP contribution in [0.3, 0.4) is 0 Å². The molecule has 0 saturated carbocycles. The Balaban J connectivity index is 1.89. The van der Waals surface area contributed by atoms with E-state index in [1.54, 1.807) is 0 Å². The van der Waals surface area contributed by atoms with Crippen LogP contribution < -0.4 is 4.72 Å². The highest BCUT2D eigenvalue weighted by atomic mass is 32.2. The van der Waals surface area contributed by atoms with Crippen molar-refractivity contribution in [3.63, 3.8) is 0 Å². The zero-order valence-electron chi connectivity index (χ0n) is 13.0. The van der Waals surface area contributed by atoms with Gasteiger partial charge >= 0.3 is 5.97 Å². The van der Waals surface area contributed by atoms with Gasteiger partial charge in [-0.15, -0.1) is 0 Å². The van der Waals surface area contributed by atoms with E-state index in [0.29, 0.717) is 5.56 Å². The Hall–Kier alpha value is -2.69. The van der Waals surface area contributed by atoms with Crippen LogP contribution in [0.4, 0.5) is 0 Å². The smallest absolute Gasteiger partial charge is 0.321 e. The van der Waals surface area contributed by atoms with E-state index < -0.39 is 22.5 Å². The molecule has 0 radical (unpaired) electrons. The second kappa shape index (κ2) is 7.73. The quantitative estimate of drug-likeness (QED) is 0.807. The van der Waals surface area contributed by atoms with Gasteiger partial charge in [-0.2, -0.15) is 9.98 Å². The van der Waals surface area contributed by atoms with E-state index in [-0.39, 0.29) is 11.5 Å². The van der Waals surface area contributed by atoms with E-state index in [1.807, 2.05) is 37.3 Å². The summed E-state index contributed by atoms with van der Waals surface area (Å²) in [6.07, 6.45) is 0. The van der Waals surface area contributed by atoms with E-state index in [9.17, 15) is 13.2 Å². The molecule has 0 aliphatic carbocycles. The average molecular weight is 344 g/mol. The van der Waals surface area contributed by atoms with Crippen LogP contribution in [0.15, 0.2) is 53.4 Å². The molecule has 124 valence electrons. The van der Waals surface area contributed by atoms with Crippen molar-refractivity contribution in [3.05, 3.63) is 65.2 Å². The summed E-state index contributed by atoms with van der Waals surface area (Å²) in [5.74, 6) is -0.672. The van der Waals surface area contributed by atoms with Crippen LogP contribution in [-0.4, -0.2) is 20.9 Å². The molecule has 0 atom stereocenters. The number of aryl methyl sites for hydroxylation is 1. The zero-order valence-corrected chi connectivity index (χ0v) is 13.8. The summed E-state index contributed by atoms with van der Waals surface area (Å²) in [6.45, 7) is 1.55. The van der Waals surface area contributed by atoms with Crippen molar-refractivity contribution in [2.75, 3.05) is 6.54 Å². The van der Waals surface area contributed by atoms with Crippen molar-refractivity contribution in [3.8, 4) is 6.07 Å². The normalized spacial score (nSPS) is 10.8. The van der Waals surface area contributed by atoms with Crippen LogP contribution >= 0.6 is 0 Å². The molecule has 24 heavy (non-hydrogen) atoms. The number of nitrogens with one attached hydrogen (secondary N) is 1. The van der Waals surface area contributed by atoms with Gasteiger partial charge in [-0.25, -0.2) is 8.42 Å². The minimum absolute atomic E-state index is 0.0204. The second-order valence-corrected chi connectivity index (χ2v) is 6.88. The van der Waals surface area contributed by atoms with Gasteiger partial charge in [-0.3, -0.25) is 4.79 Å². The highest BCUT2D eigenvalue weighted by Gasteiger charge is 2.16. The number of ether oxygens (including phenoxy) is 1. The fraction of sp³-hybridized carbons (Fsp3) is 0.176.